The molecule has 0 N–H and O–H groups in total. The van der Waals surface area contributed by atoms with E-state index in [0.717, 1.165) is 43.4 Å². The zero-order valence-electron chi connectivity index (χ0n) is 27.3. The molecule has 9 nitrogen and oxygen atoms in total. The van der Waals surface area contributed by atoms with Crippen LogP contribution in [0.5, 0.6) is 5.75 Å². The van der Waals surface area contributed by atoms with Crippen molar-refractivity contribution in [3.05, 3.63) is 101 Å². The van der Waals surface area contributed by atoms with Crippen molar-refractivity contribution in [2.45, 2.75) is 69.8 Å². The van der Waals surface area contributed by atoms with Crippen LogP contribution in [0.25, 0.3) is 10.8 Å². The number of methoxy groups -OCH3 is 1. The Morgan fingerprint density at radius 1 is 0.673 bits per heavy atom. The number of carbonyl (C=O) groups is 5. The smallest absolute Gasteiger partial charge is 0.313 e. The van der Waals surface area contributed by atoms with Gasteiger partial charge < -0.3 is 9.47 Å². The maximum Gasteiger partial charge on any atom is 0.313 e. The number of hydrogen-bond donors (Lipinski definition) is 0. The second kappa shape index (κ2) is 12.4. The lowest BCUT2D eigenvalue weighted by Crippen LogP contribution is -2.43. The van der Waals surface area contributed by atoms with E-state index in [1.807, 2.05) is 24.3 Å². The highest BCUT2D eigenvalue weighted by Gasteiger charge is 2.41. The van der Waals surface area contributed by atoms with Gasteiger partial charge in [0, 0.05) is 46.2 Å². The number of anilines is 2. The van der Waals surface area contributed by atoms with E-state index in [-0.39, 0.29) is 46.2 Å². The molecule has 4 aliphatic rings. The number of imide groups is 2. The fraction of sp³-hybridized carbons (Fsp3) is 0.325. The molecule has 4 aromatic carbocycles. The predicted molar refractivity (Wildman–Crippen MR) is 183 cm³/mol. The third-order valence-electron chi connectivity index (χ3n) is 10.8. The van der Waals surface area contributed by atoms with Gasteiger partial charge >= 0.3 is 5.97 Å². The van der Waals surface area contributed by atoms with Gasteiger partial charge in [-0.2, -0.15) is 0 Å². The summed E-state index contributed by atoms with van der Waals surface area (Å²) in [5.74, 6) is -1.65. The van der Waals surface area contributed by atoms with E-state index in [9.17, 15) is 24.0 Å². The van der Waals surface area contributed by atoms with Crippen LogP contribution in [0.3, 0.4) is 0 Å². The van der Waals surface area contributed by atoms with Crippen LogP contribution in [0.4, 0.5) is 11.4 Å². The van der Waals surface area contributed by atoms with Crippen LogP contribution in [0.1, 0.15) is 111 Å². The van der Waals surface area contributed by atoms with Gasteiger partial charge in [-0.15, -0.1) is 0 Å². The molecule has 248 valence electrons. The van der Waals surface area contributed by atoms with Crippen molar-refractivity contribution in [2.24, 2.45) is 5.92 Å². The van der Waals surface area contributed by atoms with Crippen LogP contribution in [-0.2, 0) is 9.53 Å². The average molecular weight is 657 g/mol. The third kappa shape index (κ3) is 5.24. The summed E-state index contributed by atoms with van der Waals surface area (Å²) < 4.78 is 11.2. The zero-order chi connectivity index (χ0) is 33.8. The first kappa shape index (κ1) is 31.1. The van der Waals surface area contributed by atoms with Crippen molar-refractivity contribution < 1.29 is 33.4 Å². The van der Waals surface area contributed by atoms with Crippen molar-refractivity contribution in [1.82, 2.24) is 0 Å². The molecule has 2 aliphatic carbocycles. The molecule has 49 heavy (non-hydrogen) atoms. The molecular weight excluding hydrogens is 620 g/mol. The average Bonchev–Trinajstić information content (AvgIpc) is 3.85. The zero-order valence-corrected chi connectivity index (χ0v) is 27.3. The lowest BCUT2D eigenvalue weighted by molar-refractivity contribution is -0.138. The molecule has 0 radical (unpaired) electrons. The van der Waals surface area contributed by atoms with E-state index in [0.29, 0.717) is 28.3 Å². The highest BCUT2D eigenvalue weighted by molar-refractivity contribution is 6.42. The third-order valence-corrected chi connectivity index (χ3v) is 10.8. The second-order valence-corrected chi connectivity index (χ2v) is 13.5. The number of carbonyl (C=O) groups excluding carboxylic acids is 5. The van der Waals surface area contributed by atoms with Gasteiger partial charge in [0.25, 0.3) is 23.6 Å². The topological polar surface area (TPSA) is 110 Å². The molecular formula is C40H36N2O7. The van der Waals surface area contributed by atoms with E-state index in [2.05, 4.69) is 0 Å². The maximum atomic E-state index is 14.0. The van der Waals surface area contributed by atoms with Crippen molar-refractivity contribution in [3.63, 3.8) is 0 Å². The Hall–Kier alpha value is -5.15. The number of hydrogen-bond acceptors (Lipinski definition) is 7. The number of benzene rings is 4. The standard InChI is InChI=1S/C40H36N2O7/c1-48-33(25-9-4-5-10-25)22-34(43)49-28-12-6-11-27(21-28)42-39(46)31-19-17-29-35-30(18-20-32(36(31)35)40(42)47)38(45)41(37(29)44)26-15-13-24(14-16-26)23-7-2-3-8-23/h6,11-21,23,25,33H,2-5,7-10,22H2,1H3. The molecule has 0 aromatic heterocycles. The van der Waals surface area contributed by atoms with Crippen LogP contribution in [0.2, 0.25) is 0 Å². The van der Waals surface area contributed by atoms with Gasteiger partial charge in [-0.25, -0.2) is 9.80 Å². The monoisotopic (exact) mass is 656 g/mol. The van der Waals surface area contributed by atoms with E-state index < -0.39 is 29.6 Å². The second-order valence-electron chi connectivity index (χ2n) is 13.5. The van der Waals surface area contributed by atoms with Gasteiger partial charge in [0.2, 0.25) is 0 Å². The summed E-state index contributed by atoms with van der Waals surface area (Å²) in [5.41, 5.74) is 2.83. The van der Waals surface area contributed by atoms with Gasteiger partial charge in [0.05, 0.1) is 23.9 Å². The van der Waals surface area contributed by atoms with Gasteiger partial charge in [0.15, 0.2) is 0 Å². The largest absolute Gasteiger partial charge is 0.426 e. The van der Waals surface area contributed by atoms with Crippen LogP contribution < -0.4 is 14.5 Å². The lowest BCUT2D eigenvalue weighted by Gasteiger charge is -2.32. The van der Waals surface area contributed by atoms with Crippen molar-refractivity contribution in [3.8, 4) is 5.75 Å². The highest BCUT2D eigenvalue weighted by atomic mass is 16.5. The molecule has 1 atom stereocenters. The fourth-order valence-electron chi connectivity index (χ4n) is 8.29. The Morgan fingerprint density at radius 2 is 1.18 bits per heavy atom. The van der Waals surface area contributed by atoms with Gasteiger partial charge in [-0.3, -0.25) is 24.0 Å². The molecule has 9 heteroatoms. The van der Waals surface area contributed by atoms with Crippen LogP contribution in [0, 0.1) is 5.92 Å². The molecule has 2 saturated carbocycles. The van der Waals surface area contributed by atoms with Crippen molar-refractivity contribution in [2.75, 3.05) is 16.9 Å². The first-order chi connectivity index (χ1) is 23.8. The molecule has 1 unspecified atom stereocenters. The Kier molecular flexibility index (Phi) is 7.87. The lowest BCUT2D eigenvalue weighted by atomic mass is 9.85. The van der Waals surface area contributed by atoms with Crippen LogP contribution in [-0.4, -0.2) is 42.8 Å². The molecule has 0 spiro atoms. The minimum absolute atomic E-state index is 0.105. The minimum atomic E-state index is -0.602. The van der Waals surface area contributed by atoms with Gasteiger partial charge in [-0.05, 0) is 91.6 Å². The highest BCUT2D eigenvalue weighted by Crippen LogP contribution is 2.41. The molecule has 4 amide bonds. The van der Waals surface area contributed by atoms with Crippen molar-refractivity contribution >= 4 is 51.7 Å². The Labute approximate surface area is 283 Å². The molecule has 0 saturated heterocycles. The van der Waals surface area contributed by atoms with E-state index in [1.165, 1.54) is 29.4 Å². The Morgan fingerprint density at radius 3 is 1.71 bits per heavy atom. The summed E-state index contributed by atoms with van der Waals surface area (Å²) >= 11 is 0. The number of nitrogens with zero attached hydrogens (tertiary/aromatic N) is 2. The molecule has 2 fully saturated rings. The molecule has 8 rings (SSSR count). The van der Waals surface area contributed by atoms with Gasteiger partial charge in [-0.1, -0.05) is 43.9 Å². The van der Waals surface area contributed by atoms with Crippen LogP contribution in [0.15, 0.2) is 72.8 Å². The van der Waals surface area contributed by atoms with Crippen molar-refractivity contribution in [1.29, 1.82) is 0 Å². The summed E-state index contributed by atoms with van der Waals surface area (Å²) in [4.78, 5) is 70.9. The predicted octanol–water partition coefficient (Wildman–Crippen LogP) is 7.60. The number of esters is 1. The first-order valence-electron chi connectivity index (χ1n) is 17.1. The minimum Gasteiger partial charge on any atom is -0.426 e. The SMILES string of the molecule is COC(CC(=O)Oc1cccc(N2C(=O)c3ccc4c5c(ccc(c35)C2=O)C(=O)N(c2ccc(C3CCCC3)cc2)C4=O)c1)C1CCCC1. The number of amides is 4. The molecule has 2 heterocycles. The van der Waals surface area contributed by atoms with E-state index >= 15 is 0 Å². The summed E-state index contributed by atoms with van der Waals surface area (Å²) in [6.07, 6.45) is 8.87. The normalized spacial score (nSPS) is 18.6. The first-order valence-corrected chi connectivity index (χ1v) is 17.1. The number of rotatable bonds is 8. The summed E-state index contributed by atoms with van der Waals surface area (Å²) in [6.45, 7) is 0. The van der Waals surface area contributed by atoms with E-state index in [1.54, 1.807) is 49.6 Å². The summed E-state index contributed by atoms with van der Waals surface area (Å²) in [5, 5.41) is 0.599. The fourth-order valence-corrected chi connectivity index (χ4v) is 8.29. The molecule has 2 aliphatic heterocycles. The molecule has 4 aromatic rings. The van der Waals surface area contributed by atoms with E-state index in [4.69, 9.17) is 9.47 Å². The summed E-state index contributed by atoms with van der Waals surface area (Å²) in [7, 11) is 1.61. The Bertz CT molecular complexity index is 1970. The molecule has 0 bridgehead atoms. The number of ether oxygens (including phenoxy) is 2. The maximum absolute atomic E-state index is 14.0. The van der Waals surface area contributed by atoms with Crippen LogP contribution >= 0.6 is 0 Å². The quantitative estimate of drug-likeness (QED) is 0.109. The summed E-state index contributed by atoms with van der Waals surface area (Å²) in [6, 6.07) is 20.1. The van der Waals surface area contributed by atoms with Gasteiger partial charge in [0.1, 0.15) is 5.75 Å². The Balaban J connectivity index is 1.08.